The van der Waals surface area contributed by atoms with Crippen LogP contribution in [-0.2, 0) is 4.74 Å². The van der Waals surface area contributed by atoms with Gasteiger partial charge in [0.25, 0.3) is 5.56 Å². The van der Waals surface area contributed by atoms with Crippen LogP contribution in [0.5, 0.6) is 0 Å². The van der Waals surface area contributed by atoms with Gasteiger partial charge in [0.05, 0.1) is 12.9 Å². The Kier molecular flexibility index (Phi) is 2.77. The highest BCUT2D eigenvalue weighted by atomic mass is 19.1. The molecule has 0 bridgehead atoms. The molecule has 1 aliphatic heterocycles. The molecule has 0 unspecified atom stereocenters. The topological polar surface area (TPSA) is 126 Å². The number of nitrogens with one attached hydrogen (secondary N) is 1. The van der Waals surface area contributed by atoms with E-state index in [0.29, 0.717) is 0 Å². The van der Waals surface area contributed by atoms with Gasteiger partial charge in [0, 0.05) is 0 Å². The molecule has 0 radical (unpaired) electrons. The molecule has 9 nitrogen and oxygen atoms in total. The molecule has 19 heavy (non-hydrogen) atoms. The van der Waals surface area contributed by atoms with Crippen molar-refractivity contribution in [2.45, 2.75) is 24.6 Å². The van der Waals surface area contributed by atoms with E-state index < -0.39 is 36.8 Å². The zero-order valence-electron chi connectivity index (χ0n) is 9.47. The van der Waals surface area contributed by atoms with E-state index in [2.05, 4.69) is 20.3 Å². The second-order valence-corrected chi connectivity index (χ2v) is 4.12. The van der Waals surface area contributed by atoms with Crippen LogP contribution >= 0.6 is 0 Å². The summed E-state index contributed by atoms with van der Waals surface area (Å²) in [5.74, 6) is 0. The predicted molar refractivity (Wildman–Crippen MR) is 57.8 cm³/mol. The number of halogens is 1. The van der Waals surface area contributed by atoms with E-state index in [4.69, 9.17) is 9.84 Å². The van der Waals surface area contributed by atoms with Crippen LogP contribution in [0.1, 0.15) is 6.23 Å². The Bertz CT molecular complexity index is 657. The molecule has 1 aliphatic rings. The number of fused-ring (bicyclic) bond motifs is 1. The zero-order chi connectivity index (χ0) is 13.6. The van der Waals surface area contributed by atoms with Crippen LogP contribution in [0, 0.1) is 0 Å². The van der Waals surface area contributed by atoms with Gasteiger partial charge in [-0.15, -0.1) is 5.10 Å². The van der Waals surface area contributed by atoms with Crippen molar-refractivity contribution >= 4 is 11.2 Å². The van der Waals surface area contributed by atoms with Crippen molar-refractivity contribution in [2.75, 3.05) is 6.61 Å². The second-order valence-electron chi connectivity index (χ2n) is 4.12. The summed E-state index contributed by atoms with van der Waals surface area (Å²) in [6, 6.07) is 0. The van der Waals surface area contributed by atoms with E-state index in [9.17, 15) is 14.3 Å². The van der Waals surface area contributed by atoms with E-state index in [1.54, 1.807) is 0 Å². The highest BCUT2D eigenvalue weighted by molar-refractivity contribution is 5.67. The van der Waals surface area contributed by atoms with Gasteiger partial charge >= 0.3 is 0 Å². The average Bonchev–Trinajstić information content (AvgIpc) is 2.94. The molecule has 0 saturated carbocycles. The Morgan fingerprint density at radius 2 is 2.37 bits per heavy atom. The molecule has 102 valence electrons. The monoisotopic (exact) mass is 271 g/mol. The number of alkyl halides is 1. The summed E-state index contributed by atoms with van der Waals surface area (Å²) < 4.78 is 19.8. The lowest BCUT2D eigenvalue weighted by atomic mass is 10.1. The van der Waals surface area contributed by atoms with Crippen LogP contribution in [-0.4, -0.2) is 60.2 Å². The molecule has 4 atom stereocenters. The minimum atomic E-state index is -1.75. The quantitative estimate of drug-likeness (QED) is 0.582. The van der Waals surface area contributed by atoms with Crippen LogP contribution in [0.25, 0.3) is 11.2 Å². The molecule has 0 amide bonds. The third-order valence-electron chi connectivity index (χ3n) is 2.98. The maximum Gasteiger partial charge on any atom is 0.280 e. The molecule has 1 saturated heterocycles. The van der Waals surface area contributed by atoms with Gasteiger partial charge in [0.15, 0.2) is 23.6 Å². The number of hydrogen-bond donors (Lipinski definition) is 3. The molecular weight excluding hydrogens is 261 g/mol. The van der Waals surface area contributed by atoms with E-state index in [1.807, 2.05) is 0 Å². The summed E-state index contributed by atoms with van der Waals surface area (Å²) in [7, 11) is 0. The molecular formula is C9H10FN5O4. The van der Waals surface area contributed by atoms with E-state index in [1.165, 1.54) is 0 Å². The molecule has 0 spiro atoms. The molecule has 10 heteroatoms. The number of nitrogens with zero attached hydrogens (tertiary/aromatic N) is 4. The van der Waals surface area contributed by atoms with Crippen LogP contribution in [0.2, 0.25) is 0 Å². The lowest BCUT2D eigenvalue weighted by Crippen LogP contribution is -2.29. The zero-order valence-corrected chi connectivity index (χ0v) is 9.47. The fourth-order valence-electron chi connectivity index (χ4n) is 2.01. The van der Waals surface area contributed by atoms with Crippen molar-refractivity contribution < 1.29 is 19.3 Å². The van der Waals surface area contributed by atoms with E-state index in [0.717, 1.165) is 11.0 Å². The number of hydrogen-bond acceptors (Lipinski definition) is 7. The Hall–Kier alpha value is -1.91. The average molecular weight is 271 g/mol. The van der Waals surface area contributed by atoms with E-state index >= 15 is 0 Å². The van der Waals surface area contributed by atoms with Gasteiger partial charge in [-0.05, 0) is 0 Å². The maximum absolute atomic E-state index is 13.6. The highest BCUT2D eigenvalue weighted by Crippen LogP contribution is 2.31. The van der Waals surface area contributed by atoms with Gasteiger partial charge in [0.1, 0.15) is 12.2 Å². The van der Waals surface area contributed by atoms with Gasteiger partial charge in [-0.3, -0.25) is 4.79 Å². The fraction of sp³-hybridized carbons (Fsp3) is 0.556. The largest absolute Gasteiger partial charge is 0.394 e. The van der Waals surface area contributed by atoms with Crippen molar-refractivity contribution in [1.29, 1.82) is 0 Å². The molecule has 3 N–H and O–H groups in total. The minimum absolute atomic E-state index is 0.0406. The molecule has 3 heterocycles. The number of aromatic nitrogens is 5. The minimum Gasteiger partial charge on any atom is -0.394 e. The third kappa shape index (κ3) is 1.72. The van der Waals surface area contributed by atoms with Crippen molar-refractivity contribution in [3.8, 4) is 0 Å². The molecule has 0 aromatic carbocycles. The van der Waals surface area contributed by atoms with Crippen molar-refractivity contribution in [3.63, 3.8) is 0 Å². The number of H-pyrrole nitrogens is 1. The Labute approximate surface area is 104 Å². The molecule has 2 aromatic heterocycles. The number of rotatable bonds is 2. The number of ether oxygens (including phenoxy) is 1. The first-order chi connectivity index (χ1) is 9.13. The third-order valence-corrected chi connectivity index (χ3v) is 2.98. The summed E-state index contributed by atoms with van der Waals surface area (Å²) in [4.78, 5) is 17.6. The highest BCUT2D eigenvalue weighted by Gasteiger charge is 2.46. The predicted octanol–water partition coefficient (Wildman–Crippen LogP) is -1.90. The first kappa shape index (κ1) is 12.1. The van der Waals surface area contributed by atoms with Gasteiger partial charge < -0.3 is 19.9 Å². The number of aliphatic hydroxyl groups is 2. The summed E-state index contributed by atoms with van der Waals surface area (Å²) in [6.45, 7) is -0.574. The standard InChI is InChI=1S/C9H10FN5O4/c10-4-3(1-16)19-9(6(4)17)15-7-5(13-14-15)8(18)12-2-11-7/h2-4,6,9,16-17H,1H2,(H,11,12,18)/t3-,4+,6-,9-/m1/s1. The van der Waals surface area contributed by atoms with Crippen LogP contribution in [0.15, 0.2) is 11.1 Å². The normalized spacial score (nSPS) is 31.1. The smallest absolute Gasteiger partial charge is 0.280 e. The molecule has 1 fully saturated rings. The SMILES string of the molecule is O=c1[nH]cnc2c1nnn2[C@@H]1O[C@H](CO)[C@H](F)[C@H]1O. The van der Waals surface area contributed by atoms with E-state index in [-0.39, 0.29) is 11.2 Å². The Morgan fingerprint density at radius 1 is 1.58 bits per heavy atom. The first-order valence-electron chi connectivity index (χ1n) is 5.50. The molecule has 0 aliphatic carbocycles. The summed E-state index contributed by atoms with van der Waals surface area (Å²) in [5, 5.41) is 25.9. The maximum atomic E-state index is 13.6. The van der Waals surface area contributed by atoms with Crippen LogP contribution in [0.3, 0.4) is 0 Å². The van der Waals surface area contributed by atoms with Crippen LogP contribution in [0.4, 0.5) is 4.39 Å². The summed E-state index contributed by atoms with van der Waals surface area (Å²) in [6.07, 6.45) is -4.48. The summed E-state index contributed by atoms with van der Waals surface area (Å²) >= 11 is 0. The summed E-state index contributed by atoms with van der Waals surface area (Å²) in [5.41, 5.74) is -0.473. The lowest BCUT2D eigenvalue weighted by molar-refractivity contribution is -0.0564. The number of aromatic amines is 1. The second kappa shape index (κ2) is 4.33. The van der Waals surface area contributed by atoms with Gasteiger partial charge in [-0.2, -0.15) is 4.68 Å². The van der Waals surface area contributed by atoms with Gasteiger partial charge in [-0.25, -0.2) is 9.37 Å². The lowest BCUT2D eigenvalue weighted by Gasteiger charge is -2.13. The van der Waals surface area contributed by atoms with Crippen molar-refractivity contribution in [3.05, 3.63) is 16.7 Å². The first-order valence-corrected chi connectivity index (χ1v) is 5.50. The Morgan fingerprint density at radius 3 is 3.05 bits per heavy atom. The number of aliphatic hydroxyl groups excluding tert-OH is 2. The van der Waals surface area contributed by atoms with Crippen molar-refractivity contribution in [1.82, 2.24) is 25.0 Å². The Balaban J connectivity index is 2.06. The molecule has 2 aromatic rings. The van der Waals surface area contributed by atoms with Crippen molar-refractivity contribution in [2.24, 2.45) is 0 Å². The van der Waals surface area contributed by atoms with Crippen LogP contribution < -0.4 is 5.56 Å². The van der Waals surface area contributed by atoms with Gasteiger partial charge in [-0.1, -0.05) is 5.21 Å². The molecule has 3 rings (SSSR count). The fourth-order valence-corrected chi connectivity index (χ4v) is 2.01. The van der Waals surface area contributed by atoms with Gasteiger partial charge in [0.2, 0.25) is 0 Å².